The Morgan fingerprint density at radius 1 is 0.929 bits per heavy atom. The van der Waals surface area contributed by atoms with Gasteiger partial charge in [-0.05, 0) is 0 Å². The van der Waals surface area contributed by atoms with E-state index in [9.17, 15) is 5.11 Å². The van der Waals surface area contributed by atoms with Gasteiger partial charge in [-0.2, -0.15) is 0 Å². The van der Waals surface area contributed by atoms with Crippen LogP contribution >= 0.6 is 7.26 Å². The van der Waals surface area contributed by atoms with Crippen LogP contribution in [0.3, 0.4) is 0 Å². The van der Waals surface area contributed by atoms with Gasteiger partial charge in [0.2, 0.25) is 0 Å². The molecule has 0 radical (unpaired) electrons. The van der Waals surface area contributed by atoms with Gasteiger partial charge in [0.25, 0.3) is 0 Å². The summed E-state index contributed by atoms with van der Waals surface area (Å²) in [7, 11) is -1.23. The third kappa shape index (κ3) is 2.09. The SMILES string of the molecule is CC[PH](CC)(CC)c1ccc(O)cc1. The van der Waals surface area contributed by atoms with Gasteiger partial charge in [0.1, 0.15) is 0 Å². The zero-order chi connectivity index (χ0) is 10.6. The molecule has 0 aliphatic rings. The fraction of sp³-hybridized carbons (Fsp3) is 0.500. The molecule has 1 rings (SSSR count). The molecular formula is C12H21OP. The summed E-state index contributed by atoms with van der Waals surface area (Å²) < 4.78 is 0. The standard InChI is InChI=1S/C12H21OP/c1-4-14(5-2,6-3)12-9-7-11(13)8-10-12/h7-10,13-14H,4-6H2,1-3H3. The molecule has 14 heavy (non-hydrogen) atoms. The van der Waals surface area contributed by atoms with Crippen molar-refractivity contribution >= 4 is 12.6 Å². The van der Waals surface area contributed by atoms with Crippen molar-refractivity contribution in [3.63, 3.8) is 0 Å². The summed E-state index contributed by atoms with van der Waals surface area (Å²) in [6, 6.07) is 7.85. The minimum absolute atomic E-state index is 0.375. The van der Waals surface area contributed by atoms with Crippen molar-refractivity contribution in [2.24, 2.45) is 0 Å². The van der Waals surface area contributed by atoms with Gasteiger partial charge in [-0.15, -0.1) is 0 Å². The topological polar surface area (TPSA) is 20.2 Å². The van der Waals surface area contributed by atoms with E-state index in [1.165, 1.54) is 23.8 Å². The first kappa shape index (κ1) is 11.5. The van der Waals surface area contributed by atoms with Crippen molar-refractivity contribution in [1.82, 2.24) is 0 Å². The summed E-state index contributed by atoms with van der Waals surface area (Å²) in [6.45, 7) is 6.89. The third-order valence-corrected chi connectivity index (χ3v) is 9.13. The number of rotatable bonds is 4. The number of hydrogen-bond acceptors (Lipinski definition) is 1. The molecule has 0 atom stereocenters. The average Bonchev–Trinajstić information content (AvgIpc) is 2.24. The molecule has 0 aliphatic carbocycles. The fourth-order valence-electron chi connectivity index (χ4n) is 2.18. The number of phenolic OH excluding ortho intramolecular Hbond substituents is 1. The second kappa shape index (κ2) is 4.79. The maximum atomic E-state index is 9.26. The normalized spacial score (nSPS) is 12.8. The van der Waals surface area contributed by atoms with Crippen LogP contribution in [0.5, 0.6) is 5.75 Å². The second-order valence-corrected chi connectivity index (χ2v) is 9.15. The van der Waals surface area contributed by atoms with Crippen molar-refractivity contribution in [3.05, 3.63) is 24.3 Å². The van der Waals surface area contributed by atoms with Gasteiger partial charge in [0.15, 0.2) is 0 Å². The van der Waals surface area contributed by atoms with Crippen LogP contribution < -0.4 is 5.30 Å². The average molecular weight is 212 g/mol. The van der Waals surface area contributed by atoms with E-state index in [-0.39, 0.29) is 0 Å². The van der Waals surface area contributed by atoms with Crippen molar-refractivity contribution in [3.8, 4) is 5.75 Å². The van der Waals surface area contributed by atoms with E-state index < -0.39 is 7.26 Å². The van der Waals surface area contributed by atoms with Crippen LogP contribution in [0.1, 0.15) is 20.8 Å². The van der Waals surface area contributed by atoms with Crippen LogP contribution in [0.25, 0.3) is 0 Å². The summed E-state index contributed by atoms with van der Waals surface area (Å²) in [5.74, 6) is 0.375. The summed E-state index contributed by atoms with van der Waals surface area (Å²) in [6.07, 6.45) is 3.89. The molecule has 0 spiro atoms. The van der Waals surface area contributed by atoms with Gasteiger partial charge in [-0.25, -0.2) is 0 Å². The Labute approximate surface area is 87.5 Å². The number of phenols is 1. The molecule has 1 N–H and O–H groups in total. The Balaban J connectivity index is 3.05. The van der Waals surface area contributed by atoms with Gasteiger partial charge >= 0.3 is 86.9 Å². The molecule has 0 saturated carbocycles. The van der Waals surface area contributed by atoms with E-state index in [1.807, 2.05) is 12.1 Å². The van der Waals surface area contributed by atoms with E-state index in [2.05, 4.69) is 32.9 Å². The molecular weight excluding hydrogens is 191 g/mol. The Morgan fingerprint density at radius 2 is 1.36 bits per heavy atom. The van der Waals surface area contributed by atoms with Gasteiger partial charge in [-0.3, -0.25) is 0 Å². The van der Waals surface area contributed by atoms with Crippen molar-refractivity contribution in [2.45, 2.75) is 20.8 Å². The molecule has 1 aromatic rings. The van der Waals surface area contributed by atoms with Gasteiger partial charge < -0.3 is 0 Å². The Morgan fingerprint density at radius 3 is 1.71 bits per heavy atom. The molecule has 2 heteroatoms. The van der Waals surface area contributed by atoms with Crippen molar-refractivity contribution < 1.29 is 5.11 Å². The predicted octanol–water partition coefficient (Wildman–Crippen LogP) is 2.83. The zero-order valence-corrected chi connectivity index (χ0v) is 10.4. The monoisotopic (exact) mass is 212 g/mol. The molecule has 1 nitrogen and oxygen atoms in total. The van der Waals surface area contributed by atoms with Crippen LogP contribution in [-0.4, -0.2) is 23.6 Å². The summed E-state index contributed by atoms with van der Waals surface area (Å²) in [5.41, 5.74) is 0. The Bertz CT molecular complexity index is 267. The van der Waals surface area contributed by atoms with Crippen LogP contribution in [0, 0.1) is 0 Å². The van der Waals surface area contributed by atoms with Crippen molar-refractivity contribution in [1.29, 1.82) is 0 Å². The number of aromatic hydroxyl groups is 1. The van der Waals surface area contributed by atoms with E-state index in [4.69, 9.17) is 0 Å². The van der Waals surface area contributed by atoms with Gasteiger partial charge in [-0.1, -0.05) is 0 Å². The number of benzene rings is 1. The van der Waals surface area contributed by atoms with Gasteiger partial charge in [0, 0.05) is 0 Å². The van der Waals surface area contributed by atoms with Crippen LogP contribution in [-0.2, 0) is 0 Å². The fourth-order valence-corrected chi connectivity index (χ4v) is 5.78. The summed E-state index contributed by atoms with van der Waals surface area (Å²) >= 11 is 0. The molecule has 1 aromatic carbocycles. The molecule has 0 aromatic heterocycles. The zero-order valence-electron chi connectivity index (χ0n) is 9.38. The first-order chi connectivity index (χ1) is 6.68. The molecule has 0 saturated heterocycles. The summed E-state index contributed by atoms with van der Waals surface area (Å²) in [5, 5.41) is 10.7. The molecule has 0 amide bonds. The maximum absolute atomic E-state index is 9.26. The molecule has 0 bridgehead atoms. The van der Waals surface area contributed by atoms with Gasteiger partial charge in [0.05, 0.1) is 0 Å². The molecule has 0 heterocycles. The Kier molecular flexibility index (Phi) is 3.95. The van der Waals surface area contributed by atoms with E-state index in [0.29, 0.717) is 5.75 Å². The first-order valence-electron chi connectivity index (χ1n) is 5.48. The quantitative estimate of drug-likeness (QED) is 0.761. The minimum atomic E-state index is -1.23. The van der Waals surface area contributed by atoms with E-state index in [0.717, 1.165) is 0 Å². The Hall–Kier alpha value is -0.550. The second-order valence-electron chi connectivity index (χ2n) is 3.89. The van der Waals surface area contributed by atoms with Crippen molar-refractivity contribution in [2.75, 3.05) is 18.5 Å². The first-order valence-corrected chi connectivity index (χ1v) is 8.10. The van der Waals surface area contributed by atoms with Crippen LogP contribution in [0.2, 0.25) is 0 Å². The number of hydrogen-bond donors (Lipinski definition) is 1. The molecule has 0 unspecified atom stereocenters. The molecule has 80 valence electrons. The van der Waals surface area contributed by atoms with E-state index >= 15 is 0 Å². The molecule has 0 fully saturated rings. The van der Waals surface area contributed by atoms with Crippen LogP contribution in [0.15, 0.2) is 24.3 Å². The third-order valence-electron chi connectivity index (χ3n) is 3.51. The predicted molar refractivity (Wildman–Crippen MR) is 67.7 cm³/mol. The summed E-state index contributed by atoms with van der Waals surface area (Å²) in [4.78, 5) is 0. The van der Waals surface area contributed by atoms with Crippen LogP contribution in [0.4, 0.5) is 0 Å². The van der Waals surface area contributed by atoms with E-state index in [1.54, 1.807) is 0 Å². The molecule has 0 aliphatic heterocycles.